The molecule has 0 radical (unpaired) electrons. The topological polar surface area (TPSA) is 38.9 Å². The van der Waals surface area contributed by atoms with Crippen LogP contribution in [0.4, 0.5) is 0 Å². The lowest BCUT2D eigenvalue weighted by atomic mass is 10.0. The van der Waals surface area contributed by atoms with Crippen molar-refractivity contribution in [3.05, 3.63) is 41.7 Å². The predicted molar refractivity (Wildman–Crippen MR) is 64.7 cm³/mol. The Labute approximate surface area is 92.2 Å². The first-order valence-electron chi connectivity index (χ1n) is 5.45. The summed E-state index contributed by atoms with van der Waals surface area (Å²) in [6.07, 6.45) is 5.09. The molecule has 0 amide bonds. The van der Waals surface area contributed by atoms with Gasteiger partial charge in [0.2, 0.25) is 0 Å². The van der Waals surface area contributed by atoms with Gasteiger partial charge in [-0.15, -0.1) is 6.58 Å². The number of hydrogen-bond donors (Lipinski definition) is 1. The molecule has 0 spiro atoms. The van der Waals surface area contributed by atoms with Crippen LogP contribution in [0, 0.1) is 13.8 Å². The fourth-order valence-corrected chi connectivity index (χ4v) is 1.73. The molecule has 2 N–H and O–H groups in total. The second-order valence-electron chi connectivity index (χ2n) is 4.01. The molecule has 2 heteroatoms. The van der Waals surface area contributed by atoms with E-state index >= 15 is 0 Å². The summed E-state index contributed by atoms with van der Waals surface area (Å²) in [6.45, 7) is 7.72. The van der Waals surface area contributed by atoms with E-state index in [1.165, 1.54) is 5.56 Å². The van der Waals surface area contributed by atoms with E-state index in [1.807, 2.05) is 19.9 Å². The molecular weight excluding hydrogens is 184 g/mol. The summed E-state index contributed by atoms with van der Waals surface area (Å²) in [6, 6.07) is 4.28. The highest BCUT2D eigenvalue weighted by atomic mass is 14.7. The number of hydrogen-bond acceptors (Lipinski definition) is 2. The zero-order chi connectivity index (χ0) is 11.3. The summed E-state index contributed by atoms with van der Waals surface area (Å²) < 4.78 is 0. The smallest absolute Gasteiger partial charge is 0.0379 e. The van der Waals surface area contributed by atoms with Crippen molar-refractivity contribution < 1.29 is 0 Å². The normalized spacial score (nSPS) is 12.5. The van der Waals surface area contributed by atoms with Crippen LogP contribution in [0.5, 0.6) is 0 Å². The number of nitrogens with two attached hydrogens (primary N) is 1. The molecule has 15 heavy (non-hydrogen) atoms. The highest BCUT2D eigenvalue weighted by molar-refractivity contribution is 5.23. The number of rotatable bonds is 5. The van der Waals surface area contributed by atoms with Gasteiger partial charge in [0.25, 0.3) is 0 Å². The van der Waals surface area contributed by atoms with E-state index in [2.05, 4.69) is 23.7 Å². The van der Waals surface area contributed by atoms with Crippen molar-refractivity contribution in [2.24, 2.45) is 5.73 Å². The summed E-state index contributed by atoms with van der Waals surface area (Å²) in [7, 11) is 0. The maximum atomic E-state index is 6.11. The minimum Gasteiger partial charge on any atom is -0.324 e. The standard InChI is InChI=1S/C13H20N2/c1-4-5-6-7-13(14)12-8-10(2)15-11(3)9-12/h4,8-9,13H,1,5-7,14H2,2-3H3. The third-order valence-electron chi connectivity index (χ3n) is 2.46. The first-order valence-corrected chi connectivity index (χ1v) is 5.45. The molecule has 82 valence electrons. The van der Waals surface area contributed by atoms with Crippen molar-refractivity contribution in [1.29, 1.82) is 0 Å². The molecule has 1 aromatic heterocycles. The van der Waals surface area contributed by atoms with E-state index < -0.39 is 0 Å². The third kappa shape index (κ3) is 3.84. The maximum Gasteiger partial charge on any atom is 0.0379 e. The highest BCUT2D eigenvalue weighted by Gasteiger charge is 2.06. The van der Waals surface area contributed by atoms with Crippen LogP contribution in [-0.2, 0) is 0 Å². The van der Waals surface area contributed by atoms with Crippen LogP contribution in [0.2, 0.25) is 0 Å². The average molecular weight is 204 g/mol. The summed E-state index contributed by atoms with van der Waals surface area (Å²) in [5.74, 6) is 0. The quantitative estimate of drug-likeness (QED) is 0.591. The van der Waals surface area contributed by atoms with Crippen molar-refractivity contribution >= 4 is 0 Å². The van der Waals surface area contributed by atoms with Crippen molar-refractivity contribution in [3.63, 3.8) is 0 Å². The van der Waals surface area contributed by atoms with E-state index in [4.69, 9.17) is 5.73 Å². The van der Waals surface area contributed by atoms with Gasteiger partial charge in [-0.2, -0.15) is 0 Å². The van der Waals surface area contributed by atoms with Crippen LogP contribution in [0.3, 0.4) is 0 Å². The number of pyridine rings is 1. The number of unbranched alkanes of at least 4 members (excludes halogenated alkanes) is 1. The van der Waals surface area contributed by atoms with Crippen LogP contribution < -0.4 is 5.73 Å². The van der Waals surface area contributed by atoms with Gasteiger partial charge in [-0.3, -0.25) is 4.98 Å². The zero-order valence-electron chi connectivity index (χ0n) is 9.66. The van der Waals surface area contributed by atoms with Gasteiger partial charge in [-0.25, -0.2) is 0 Å². The second kappa shape index (κ2) is 5.66. The second-order valence-corrected chi connectivity index (χ2v) is 4.01. The lowest BCUT2D eigenvalue weighted by Crippen LogP contribution is -2.11. The molecule has 1 heterocycles. The molecule has 1 rings (SSSR count). The molecule has 0 saturated carbocycles. The Morgan fingerprint density at radius 1 is 1.40 bits per heavy atom. The molecule has 1 aromatic rings. The molecule has 0 aliphatic carbocycles. The van der Waals surface area contributed by atoms with Crippen LogP contribution in [0.15, 0.2) is 24.8 Å². The number of allylic oxidation sites excluding steroid dienone is 1. The Hall–Kier alpha value is -1.15. The molecular formula is C13H20N2. The minimum atomic E-state index is 0.130. The van der Waals surface area contributed by atoms with E-state index in [1.54, 1.807) is 0 Å². The first kappa shape index (κ1) is 11.9. The summed E-state index contributed by atoms with van der Waals surface area (Å²) in [5, 5.41) is 0. The Balaban J connectivity index is 2.64. The van der Waals surface area contributed by atoms with Crippen LogP contribution in [0.25, 0.3) is 0 Å². The monoisotopic (exact) mass is 204 g/mol. The van der Waals surface area contributed by atoms with Gasteiger partial charge in [0, 0.05) is 17.4 Å². The fourth-order valence-electron chi connectivity index (χ4n) is 1.73. The van der Waals surface area contributed by atoms with E-state index in [-0.39, 0.29) is 6.04 Å². The Morgan fingerprint density at radius 3 is 2.53 bits per heavy atom. The van der Waals surface area contributed by atoms with Crippen LogP contribution in [0.1, 0.15) is 42.3 Å². The predicted octanol–water partition coefficient (Wildman–Crippen LogP) is 3.05. The molecule has 0 aliphatic rings. The third-order valence-corrected chi connectivity index (χ3v) is 2.46. The number of aromatic nitrogens is 1. The summed E-state index contributed by atoms with van der Waals surface area (Å²) >= 11 is 0. The Bertz CT molecular complexity index is 311. The molecule has 2 nitrogen and oxygen atoms in total. The van der Waals surface area contributed by atoms with Gasteiger partial charge < -0.3 is 5.73 Å². The molecule has 0 aliphatic heterocycles. The number of aryl methyl sites for hydroxylation is 2. The fraction of sp³-hybridized carbons (Fsp3) is 0.462. The lowest BCUT2D eigenvalue weighted by molar-refractivity contribution is 0.615. The van der Waals surface area contributed by atoms with Crippen molar-refractivity contribution in [3.8, 4) is 0 Å². The summed E-state index contributed by atoms with van der Waals surface area (Å²) in [4.78, 5) is 4.34. The Kier molecular flexibility index (Phi) is 4.50. The van der Waals surface area contributed by atoms with Gasteiger partial charge in [0.15, 0.2) is 0 Å². The molecule has 1 unspecified atom stereocenters. The van der Waals surface area contributed by atoms with Crippen LogP contribution in [-0.4, -0.2) is 4.98 Å². The molecule has 1 atom stereocenters. The van der Waals surface area contributed by atoms with E-state index in [0.29, 0.717) is 0 Å². The highest BCUT2D eigenvalue weighted by Crippen LogP contribution is 2.18. The molecule has 0 aromatic carbocycles. The molecule has 0 saturated heterocycles. The van der Waals surface area contributed by atoms with Crippen molar-refractivity contribution in [1.82, 2.24) is 4.98 Å². The van der Waals surface area contributed by atoms with Gasteiger partial charge in [0.1, 0.15) is 0 Å². The largest absolute Gasteiger partial charge is 0.324 e. The SMILES string of the molecule is C=CCCCC(N)c1cc(C)nc(C)c1. The molecule has 0 bridgehead atoms. The van der Waals surface area contributed by atoms with Gasteiger partial charge in [0.05, 0.1) is 0 Å². The Morgan fingerprint density at radius 2 is 2.00 bits per heavy atom. The zero-order valence-corrected chi connectivity index (χ0v) is 9.66. The van der Waals surface area contributed by atoms with E-state index in [9.17, 15) is 0 Å². The minimum absolute atomic E-state index is 0.130. The number of nitrogens with zero attached hydrogens (tertiary/aromatic N) is 1. The van der Waals surface area contributed by atoms with Gasteiger partial charge in [-0.05, 0) is 50.8 Å². The van der Waals surface area contributed by atoms with Crippen molar-refractivity contribution in [2.45, 2.75) is 39.2 Å². The summed E-state index contributed by atoms with van der Waals surface area (Å²) in [5.41, 5.74) is 9.40. The van der Waals surface area contributed by atoms with Gasteiger partial charge >= 0.3 is 0 Å². The van der Waals surface area contributed by atoms with Gasteiger partial charge in [-0.1, -0.05) is 6.08 Å². The van der Waals surface area contributed by atoms with E-state index in [0.717, 1.165) is 30.7 Å². The maximum absolute atomic E-state index is 6.11. The van der Waals surface area contributed by atoms with Crippen molar-refractivity contribution in [2.75, 3.05) is 0 Å². The molecule has 0 fully saturated rings. The first-order chi connectivity index (χ1) is 7.13. The average Bonchev–Trinajstić information content (AvgIpc) is 2.16. The van der Waals surface area contributed by atoms with Crippen LogP contribution >= 0.6 is 0 Å². The lowest BCUT2D eigenvalue weighted by Gasteiger charge is -2.12.